The standard InChI is InChI=1S/C9H15ClO2S2/c10-14(11,12)8-4-2-6-9-5-1-3-7-13-9/h2,4,9H,1,3,5-8H2/b4-2-. The van der Waals surface area contributed by atoms with Gasteiger partial charge in [-0.1, -0.05) is 18.6 Å². The van der Waals surface area contributed by atoms with Gasteiger partial charge < -0.3 is 0 Å². The van der Waals surface area contributed by atoms with Crippen LogP contribution in [-0.4, -0.2) is 25.2 Å². The molecule has 0 N–H and O–H groups in total. The number of allylic oxidation sites excluding steroid dienone is 1. The Morgan fingerprint density at radius 1 is 1.36 bits per heavy atom. The van der Waals surface area contributed by atoms with E-state index in [1.807, 2.05) is 17.8 Å². The van der Waals surface area contributed by atoms with E-state index in [0.717, 1.165) is 6.42 Å². The number of rotatable bonds is 4. The second kappa shape index (κ2) is 6.03. The molecule has 0 amide bonds. The van der Waals surface area contributed by atoms with Crippen molar-refractivity contribution in [2.45, 2.75) is 30.9 Å². The highest BCUT2D eigenvalue weighted by Gasteiger charge is 2.11. The van der Waals surface area contributed by atoms with Gasteiger partial charge in [0, 0.05) is 15.9 Å². The summed E-state index contributed by atoms with van der Waals surface area (Å²) < 4.78 is 21.2. The molecule has 5 heteroatoms. The molecular weight excluding hydrogens is 240 g/mol. The minimum absolute atomic E-state index is 0.0497. The molecule has 1 aliphatic rings. The Balaban J connectivity index is 2.19. The Kier molecular flexibility index (Phi) is 5.34. The summed E-state index contributed by atoms with van der Waals surface area (Å²) in [6.07, 6.45) is 8.43. The Morgan fingerprint density at radius 3 is 2.71 bits per heavy atom. The Bertz CT molecular complexity index is 279. The van der Waals surface area contributed by atoms with Crippen LogP contribution in [0, 0.1) is 0 Å². The summed E-state index contributed by atoms with van der Waals surface area (Å²) in [7, 11) is 1.72. The van der Waals surface area contributed by atoms with Crippen LogP contribution in [0.3, 0.4) is 0 Å². The van der Waals surface area contributed by atoms with Crippen LogP contribution >= 0.6 is 22.4 Å². The Hall–Kier alpha value is 0.330. The molecule has 2 nitrogen and oxygen atoms in total. The summed E-state index contributed by atoms with van der Waals surface area (Å²) in [6, 6.07) is 0. The smallest absolute Gasteiger partial charge is 0.212 e. The van der Waals surface area contributed by atoms with Crippen LogP contribution < -0.4 is 0 Å². The van der Waals surface area contributed by atoms with Crippen molar-refractivity contribution in [3.05, 3.63) is 12.2 Å². The van der Waals surface area contributed by atoms with E-state index in [1.165, 1.54) is 25.0 Å². The van der Waals surface area contributed by atoms with Gasteiger partial charge in [0.1, 0.15) is 0 Å². The van der Waals surface area contributed by atoms with Gasteiger partial charge in [0.25, 0.3) is 0 Å². The fourth-order valence-corrected chi connectivity index (χ4v) is 3.29. The summed E-state index contributed by atoms with van der Waals surface area (Å²) in [5, 5.41) is 0.679. The van der Waals surface area contributed by atoms with Crippen molar-refractivity contribution in [2.75, 3.05) is 11.5 Å². The van der Waals surface area contributed by atoms with Crippen LogP contribution in [-0.2, 0) is 9.05 Å². The molecule has 1 atom stereocenters. The van der Waals surface area contributed by atoms with Gasteiger partial charge in [-0.2, -0.15) is 11.8 Å². The molecule has 1 aliphatic heterocycles. The average Bonchev–Trinajstić information content (AvgIpc) is 2.13. The Morgan fingerprint density at radius 2 is 2.14 bits per heavy atom. The maximum absolute atomic E-state index is 10.6. The number of halogens is 1. The highest BCUT2D eigenvalue weighted by atomic mass is 35.7. The monoisotopic (exact) mass is 254 g/mol. The van der Waals surface area contributed by atoms with Crippen LogP contribution in [0.4, 0.5) is 0 Å². The molecule has 1 heterocycles. The fraction of sp³-hybridized carbons (Fsp3) is 0.778. The number of hydrogen-bond donors (Lipinski definition) is 0. The van der Waals surface area contributed by atoms with Gasteiger partial charge in [0.05, 0.1) is 5.75 Å². The third-order valence-electron chi connectivity index (χ3n) is 2.13. The third-order valence-corrected chi connectivity index (χ3v) is 4.53. The normalized spacial score (nSPS) is 24.2. The maximum Gasteiger partial charge on any atom is 0.236 e. The summed E-state index contributed by atoms with van der Waals surface area (Å²) in [4.78, 5) is 0. The van der Waals surface area contributed by atoms with E-state index in [9.17, 15) is 8.42 Å². The van der Waals surface area contributed by atoms with Crippen molar-refractivity contribution in [1.29, 1.82) is 0 Å². The van der Waals surface area contributed by atoms with E-state index in [-0.39, 0.29) is 5.75 Å². The van der Waals surface area contributed by atoms with Gasteiger partial charge >= 0.3 is 0 Å². The largest absolute Gasteiger partial charge is 0.236 e. The van der Waals surface area contributed by atoms with E-state index in [0.29, 0.717) is 5.25 Å². The molecule has 0 aromatic carbocycles. The second-order valence-electron chi connectivity index (χ2n) is 3.40. The molecule has 1 rings (SSSR count). The molecule has 0 saturated carbocycles. The first-order valence-corrected chi connectivity index (χ1v) is 8.29. The van der Waals surface area contributed by atoms with Crippen LogP contribution in [0.25, 0.3) is 0 Å². The molecule has 14 heavy (non-hydrogen) atoms. The zero-order valence-corrected chi connectivity index (χ0v) is 10.4. The van der Waals surface area contributed by atoms with Gasteiger partial charge in [0.2, 0.25) is 9.05 Å². The lowest BCUT2D eigenvalue weighted by atomic mass is 10.1. The van der Waals surface area contributed by atoms with E-state index >= 15 is 0 Å². The lowest BCUT2D eigenvalue weighted by Gasteiger charge is -2.19. The first-order chi connectivity index (χ1) is 6.58. The van der Waals surface area contributed by atoms with Gasteiger partial charge in [-0.05, 0) is 25.0 Å². The first kappa shape index (κ1) is 12.4. The molecule has 1 saturated heterocycles. The van der Waals surface area contributed by atoms with E-state index in [1.54, 1.807) is 6.08 Å². The van der Waals surface area contributed by atoms with Crippen LogP contribution in [0.5, 0.6) is 0 Å². The molecule has 0 aromatic heterocycles. The molecule has 1 unspecified atom stereocenters. The minimum atomic E-state index is -3.35. The quantitative estimate of drug-likeness (QED) is 0.572. The molecule has 0 bridgehead atoms. The Labute approximate surface area is 94.5 Å². The molecule has 0 radical (unpaired) electrons. The molecule has 82 valence electrons. The lowest BCUT2D eigenvalue weighted by Crippen LogP contribution is -2.07. The number of hydrogen-bond acceptors (Lipinski definition) is 3. The zero-order chi connectivity index (χ0) is 10.4. The van der Waals surface area contributed by atoms with Crippen molar-refractivity contribution in [1.82, 2.24) is 0 Å². The van der Waals surface area contributed by atoms with Crippen molar-refractivity contribution < 1.29 is 8.42 Å². The van der Waals surface area contributed by atoms with Crippen molar-refractivity contribution >= 4 is 31.5 Å². The first-order valence-electron chi connectivity index (χ1n) is 4.77. The zero-order valence-electron chi connectivity index (χ0n) is 7.99. The average molecular weight is 255 g/mol. The highest BCUT2D eigenvalue weighted by Crippen LogP contribution is 2.27. The second-order valence-corrected chi connectivity index (χ2v) is 7.63. The molecular formula is C9H15ClO2S2. The van der Waals surface area contributed by atoms with Crippen molar-refractivity contribution in [3.8, 4) is 0 Å². The number of thioether (sulfide) groups is 1. The van der Waals surface area contributed by atoms with Gasteiger partial charge in [-0.25, -0.2) is 8.42 Å². The predicted molar refractivity (Wildman–Crippen MR) is 63.5 cm³/mol. The third kappa shape index (κ3) is 5.94. The molecule has 0 aromatic rings. The lowest BCUT2D eigenvalue weighted by molar-refractivity contribution is 0.612. The van der Waals surface area contributed by atoms with Gasteiger partial charge in [-0.3, -0.25) is 0 Å². The van der Waals surface area contributed by atoms with Crippen molar-refractivity contribution in [3.63, 3.8) is 0 Å². The van der Waals surface area contributed by atoms with Crippen LogP contribution in [0.2, 0.25) is 0 Å². The fourth-order valence-electron chi connectivity index (χ4n) is 1.42. The van der Waals surface area contributed by atoms with Gasteiger partial charge in [0.15, 0.2) is 0 Å². The van der Waals surface area contributed by atoms with E-state index in [4.69, 9.17) is 10.7 Å². The molecule has 0 spiro atoms. The summed E-state index contributed by atoms with van der Waals surface area (Å²) in [6.45, 7) is 0. The van der Waals surface area contributed by atoms with Crippen molar-refractivity contribution in [2.24, 2.45) is 0 Å². The van der Waals surface area contributed by atoms with Gasteiger partial charge in [-0.15, -0.1) is 0 Å². The SMILES string of the molecule is O=S(=O)(Cl)C/C=C\CC1CCCCS1. The maximum atomic E-state index is 10.6. The van der Waals surface area contributed by atoms with E-state index < -0.39 is 9.05 Å². The summed E-state index contributed by atoms with van der Waals surface area (Å²) in [5.74, 6) is 1.19. The topological polar surface area (TPSA) is 34.1 Å². The minimum Gasteiger partial charge on any atom is -0.212 e. The van der Waals surface area contributed by atoms with Crippen LogP contribution in [0.1, 0.15) is 25.7 Å². The summed E-state index contributed by atoms with van der Waals surface area (Å²) >= 11 is 1.99. The molecule has 1 fully saturated rings. The molecule has 0 aliphatic carbocycles. The highest BCUT2D eigenvalue weighted by molar-refractivity contribution is 8.13. The summed E-state index contributed by atoms with van der Waals surface area (Å²) in [5.41, 5.74) is 0. The predicted octanol–water partition coefficient (Wildman–Crippen LogP) is 2.79. The van der Waals surface area contributed by atoms with Crippen LogP contribution in [0.15, 0.2) is 12.2 Å². The van der Waals surface area contributed by atoms with E-state index in [2.05, 4.69) is 0 Å².